The third kappa shape index (κ3) is 3.53. The van der Waals surface area contributed by atoms with Gasteiger partial charge in [-0.15, -0.1) is 10.2 Å². The molecule has 0 spiro atoms. The van der Waals surface area contributed by atoms with Crippen molar-refractivity contribution in [2.24, 2.45) is 0 Å². The van der Waals surface area contributed by atoms with Gasteiger partial charge in [-0.3, -0.25) is 4.79 Å². The van der Waals surface area contributed by atoms with E-state index in [0.29, 0.717) is 22.8 Å². The van der Waals surface area contributed by atoms with Gasteiger partial charge in [0.2, 0.25) is 11.8 Å². The lowest BCUT2D eigenvalue weighted by molar-refractivity contribution is -0.129. The number of aromatic nitrogens is 4. The summed E-state index contributed by atoms with van der Waals surface area (Å²) in [5.74, 6) is 2.37. The number of nitrogens with zero attached hydrogens (tertiary/aromatic N) is 4. The number of thioether (sulfide) groups is 1. The highest BCUT2D eigenvalue weighted by molar-refractivity contribution is 7.99. The van der Waals surface area contributed by atoms with Gasteiger partial charge in [0.15, 0.2) is 0 Å². The Balaban J connectivity index is 1.32. The minimum Gasteiger partial charge on any atom is -0.416 e. The number of H-pyrrole nitrogens is 1. The molecule has 0 unspecified atom stereocenters. The second kappa shape index (κ2) is 6.87. The number of piperidine rings is 1. The number of amides is 1. The van der Waals surface area contributed by atoms with Gasteiger partial charge in [-0.1, -0.05) is 23.9 Å². The Hall–Kier alpha value is -2.35. The molecule has 3 heterocycles. The lowest BCUT2D eigenvalue weighted by Gasteiger charge is -2.31. The zero-order valence-electron chi connectivity index (χ0n) is 13.9. The minimum atomic E-state index is 0.115. The molecule has 25 heavy (non-hydrogen) atoms. The number of rotatable bonds is 4. The van der Waals surface area contributed by atoms with Gasteiger partial charge in [-0.05, 0) is 25.0 Å². The molecule has 0 atom stereocenters. The normalized spacial score (nSPS) is 15.8. The highest BCUT2D eigenvalue weighted by atomic mass is 32.2. The Morgan fingerprint density at radius 2 is 2.12 bits per heavy atom. The number of aromatic amines is 1. The van der Waals surface area contributed by atoms with Crippen LogP contribution in [0.1, 0.15) is 30.5 Å². The summed E-state index contributed by atoms with van der Waals surface area (Å²) in [4.78, 5) is 22.4. The molecule has 3 aromatic rings. The molecule has 1 amide bonds. The number of benzene rings is 1. The molecular formula is C17H19N5O2S. The van der Waals surface area contributed by atoms with E-state index in [1.54, 1.807) is 6.92 Å². The van der Waals surface area contributed by atoms with E-state index in [4.69, 9.17) is 9.40 Å². The largest absolute Gasteiger partial charge is 0.416 e. The second-order valence-corrected chi connectivity index (χ2v) is 7.10. The number of carbonyl (C=O) groups is 1. The predicted molar refractivity (Wildman–Crippen MR) is 94.4 cm³/mol. The van der Waals surface area contributed by atoms with Crippen LogP contribution in [0.2, 0.25) is 0 Å². The van der Waals surface area contributed by atoms with Crippen LogP contribution < -0.4 is 0 Å². The zero-order valence-corrected chi connectivity index (χ0v) is 14.8. The van der Waals surface area contributed by atoms with Gasteiger partial charge >= 0.3 is 0 Å². The summed E-state index contributed by atoms with van der Waals surface area (Å²) in [7, 11) is 0. The number of nitrogens with one attached hydrogen (secondary N) is 1. The second-order valence-electron chi connectivity index (χ2n) is 6.17. The van der Waals surface area contributed by atoms with Crippen molar-refractivity contribution in [1.29, 1.82) is 0 Å². The van der Waals surface area contributed by atoms with E-state index in [1.807, 2.05) is 29.2 Å². The fraction of sp³-hybridized carbons (Fsp3) is 0.412. The molecule has 1 aliphatic rings. The number of likely N-dealkylation sites (tertiary alicyclic amines) is 1. The van der Waals surface area contributed by atoms with Crippen LogP contribution in [0.3, 0.4) is 0 Å². The van der Waals surface area contributed by atoms with E-state index in [-0.39, 0.29) is 5.91 Å². The van der Waals surface area contributed by atoms with Crippen LogP contribution in [0.25, 0.3) is 11.0 Å². The van der Waals surface area contributed by atoms with Crippen LogP contribution in [0.15, 0.2) is 33.9 Å². The fourth-order valence-corrected chi connectivity index (χ4v) is 3.83. The summed E-state index contributed by atoms with van der Waals surface area (Å²) < 4.78 is 5.28. The molecule has 1 saturated heterocycles. The molecule has 2 aromatic heterocycles. The van der Waals surface area contributed by atoms with Gasteiger partial charge in [0.05, 0.1) is 16.8 Å². The number of hydrogen-bond acceptors (Lipinski definition) is 6. The molecule has 0 saturated carbocycles. The number of aryl methyl sites for hydroxylation is 1. The Kier molecular flexibility index (Phi) is 4.44. The van der Waals surface area contributed by atoms with Gasteiger partial charge in [-0.2, -0.15) is 0 Å². The van der Waals surface area contributed by atoms with E-state index >= 15 is 0 Å². The van der Waals surface area contributed by atoms with Crippen LogP contribution >= 0.6 is 11.8 Å². The maximum atomic E-state index is 12.4. The highest BCUT2D eigenvalue weighted by Gasteiger charge is 2.26. The number of fused-ring (bicyclic) bond motifs is 1. The van der Waals surface area contributed by atoms with E-state index in [9.17, 15) is 4.79 Å². The molecular weight excluding hydrogens is 338 g/mol. The summed E-state index contributed by atoms with van der Waals surface area (Å²) in [6.07, 6.45) is 1.85. The predicted octanol–water partition coefficient (Wildman–Crippen LogP) is 2.75. The average Bonchev–Trinajstić information content (AvgIpc) is 3.25. The zero-order chi connectivity index (χ0) is 17.2. The van der Waals surface area contributed by atoms with E-state index in [0.717, 1.165) is 42.8 Å². The van der Waals surface area contributed by atoms with Crippen molar-refractivity contribution >= 4 is 28.7 Å². The number of para-hydroxylation sites is 2. The molecule has 0 radical (unpaired) electrons. The Morgan fingerprint density at radius 3 is 2.84 bits per heavy atom. The lowest BCUT2D eigenvalue weighted by Crippen LogP contribution is -2.39. The Labute approximate surface area is 149 Å². The molecule has 0 bridgehead atoms. The monoisotopic (exact) mass is 357 g/mol. The third-order valence-electron chi connectivity index (χ3n) is 4.47. The third-order valence-corrected chi connectivity index (χ3v) is 5.27. The van der Waals surface area contributed by atoms with Gasteiger partial charge in [-0.25, -0.2) is 4.98 Å². The van der Waals surface area contributed by atoms with Crippen molar-refractivity contribution in [2.45, 2.75) is 30.9 Å². The number of imidazole rings is 1. The quantitative estimate of drug-likeness (QED) is 0.722. The van der Waals surface area contributed by atoms with Crippen LogP contribution in [-0.4, -0.2) is 49.8 Å². The van der Waals surface area contributed by atoms with Crippen molar-refractivity contribution < 1.29 is 9.21 Å². The van der Waals surface area contributed by atoms with Crippen LogP contribution in [0.5, 0.6) is 0 Å². The van der Waals surface area contributed by atoms with Crippen LogP contribution in [0, 0.1) is 6.92 Å². The van der Waals surface area contributed by atoms with Crippen molar-refractivity contribution in [3.63, 3.8) is 0 Å². The van der Waals surface area contributed by atoms with Crippen molar-refractivity contribution in [3.8, 4) is 0 Å². The molecule has 8 heteroatoms. The van der Waals surface area contributed by atoms with E-state index < -0.39 is 0 Å². The Bertz CT molecular complexity index is 849. The molecule has 4 rings (SSSR count). The maximum Gasteiger partial charge on any atom is 0.277 e. The van der Waals surface area contributed by atoms with Crippen molar-refractivity contribution in [2.75, 3.05) is 18.8 Å². The summed E-state index contributed by atoms with van der Waals surface area (Å²) in [6.45, 7) is 3.25. The standard InChI is InChI=1S/C17H19N5O2S/c1-11-20-21-17(24-11)25-10-15(23)22-8-6-12(7-9-22)16-18-13-4-2-3-5-14(13)19-16/h2-5,12H,6-10H2,1H3,(H,18,19). The molecule has 1 aliphatic heterocycles. The summed E-state index contributed by atoms with van der Waals surface area (Å²) in [5, 5.41) is 8.11. The molecule has 7 nitrogen and oxygen atoms in total. The number of carbonyl (C=O) groups excluding carboxylic acids is 1. The van der Waals surface area contributed by atoms with E-state index in [2.05, 4.69) is 15.2 Å². The first-order chi connectivity index (χ1) is 12.2. The summed E-state index contributed by atoms with van der Waals surface area (Å²) in [5.41, 5.74) is 2.07. The fourth-order valence-electron chi connectivity index (χ4n) is 3.12. The van der Waals surface area contributed by atoms with Crippen molar-refractivity contribution in [3.05, 3.63) is 36.0 Å². The van der Waals surface area contributed by atoms with Crippen LogP contribution in [0.4, 0.5) is 0 Å². The molecule has 1 N–H and O–H groups in total. The Morgan fingerprint density at radius 1 is 1.32 bits per heavy atom. The van der Waals surface area contributed by atoms with Gasteiger partial charge in [0.25, 0.3) is 5.22 Å². The first kappa shape index (κ1) is 16.1. The first-order valence-corrected chi connectivity index (χ1v) is 9.33. The van der Waals surface area contributed by atoms with Gasteiger partial charge < -0.3 is 14.3 Å². The molecule has 1 fully saturated rings. The molecule has 0 aliphatic carbocycles. The smallest absolute Gasteiger partial charge is 0.277 e. The van der Waals surface area contributed by atoms with E-state index in [1.165, 1.54) is 11.8 Å². The minimum absolute atomic E-state index is 0.115. The van der Waals surface area contributed by atoms with Gasteiger partial charge in [0.1, 0.15) is 5.82 Å². The number of hydrogen-bond donors (Lipinski definition) is 1. The highest BCUT2D eigenvalue weighted by Crippen LogP contribution is 2.28. The molecule has 1 aromatic carbocycles. The van der Waals surface area contributed by atoms with Gasteiger partial charge in [0, 0.05) is 25.9 Å². The SMILES string of the molecule is Cc1nnc(SCC(=O)N2CCC(c3nc4ccccc4[nH]3)CC2)o1. The van der Waals surface area contributed by atoms with Crippen LogP contribution in [-0.2, 0) is 4.79 Å². The van der Waals surface area contributed by atoms with Crippen molar-refractivity contribution in [1.82, 2.24) is 25.1 Å². The topological polar surface area (TPSA) is 87.9 Å². The maximum absolute atomic E-state index is 12.4. The first-order valence-electron chi connectivity index (χ1n) is 8.34. The lowest BCUT2D eigenvalue weighted by atomic mass is 9.96. The average molecular weight is 357 g/mol. The summed E-state index contributed by atoms with van der Waals surface area (Å²) in [6, 6.07) is 8.07. The molecule has 130 valence electrons. The summed E-state index contributed by atoms with van der Waals surface area (Å²) >= 11 is 1.29.